The Morgan fingerprint density at radius 2 is 1.79 bits per heavy atom. The van der Waals surface area contributed by atoms with Crippen LogP contribution >= 0.6 is 0 Å². The Hall–Kier alpha value is -1.79. The van der Waals surface area contributed by atoms with Crippen LogP contribution in [0.4, 0.5) is 4.79 Å². The van der Waals surface area contributed by atoms with Crippen molar-refractivity contribution < 1.29 is 24.2 Å². The number of piperazine rings is 1. The Kier molecular flexibility index (Phi) is 4.39. The van der Waals surface area contributed by atoms with E-state index in [4.69, 9.17) is 9.84 Å². The molecule has 1 N–H and O–H groups in total. The van der Waals surface area contributed by atoms with Crippen molar-refractivity contribution in [2.24, 2.45) is 0 Å². The van der Waals surface area contributed by atoms with Crippen LogP contribution in [0.5, 0.6) is 0 Å². The molecule has 108 valence electrons. The van der Waals surface area contributed by atoms with Gasteiger partial charge in [-0.25, -0.2) is 9.59 Å². The summed E-state index contributed by atoms with van der Waals surface area (Å²) in [4.78, 5) is 37.0. The van der Waals surface area contributed by atoms with E-state index in [1.54, 1.807) is 20.8 Å². The van der Waals surface area contributed by atoms with E-state index in [0.29, 0.717) is 6.54 Å². The molecule has 0 radical (unpaired) electrons. The Morgan fingerprint density at radius 3 is 2.21 bits per heavy atom. The number of carboxylic acid groups (broad SMARTS) is 1. The van der Waals surface area contributed by atoms with Crippen LogP contribution < -0.4 is 0 Å². The van der Waals surface area contributed by atoms with Crippen LogP contribution in [0.15, 0.2) is 0 Å². The topological polar surface area (TPSA) is 87.2 Å². The number of carbonyl (C=O) groups excluding carboxylic acids is 2. The SMILES string of the molecule is CC(=O)N1CCN(C(=O)OC(C)(C)C)[C@H](C(=O)O)C1. The third kappa shape index (κ3) is 4.11. The largest absolute Gasteiger partial charge is 0.480 e. The summed E-state index contributed by atoms with van der Waals surface area (Å²) < 4.78 is 5.17. The van der Waals surface area contributed by atoms with Gasteiger partial charge in [-0.3, -0.25) is 9.69 Å². The Morgan fingerprint density at radius 1 is 1.21 bits per heavy atom. The summed E-state index contributed by atoms with van der Waals surface area (Å²) in [6.07, 6.45) is -0.664. The first-order valence-electron chi connectivity index (χ1n) is 6.10. The number of amides is 2. The highest BCUT2D eigenvalue weighted by atomic mass is 16.6. The van der Waals surface area contributed by atoms with Crippen LogP contribution in [0.1, 0.15) is 27.7 Å². The van der Waals surface area contributed by atoms with Crippen molar-refractivity contribution in [1.82, 2.24) is 9.80 Å². The zero-order chi connectivity index (χ0) is 14.8. The molecule has 0 saturated carbocycles. The molecule has 1 saturated heterocycles. The van der Waals surface area contributed by atoms with Gasteiger partial charge in [-0.15, -0.1) is 0 Å². The molecule has 1 rings (SSSR count). The van der Waals surface area contributed by atoms with Gasteiger partial charge < -0.3 is 14.7 Å². The molecule has 7 heteroatoms. The van der Waals surface area contributed by atoms with E-state index < -0.39 is 23.7 Å². The summed E-state index contributed by atoms with van der Waals surface area (Å²) in [5.74, 6) is -1.34. The lowest BCUT2D eigenvalue weighted by Crippen LogP contribution is -2.59. The molecular formula is C12H20N2O5. The highest BCUT2D eigenvalue weighted by molar-refractivity contribution is 5.82. The number of hydrogen-bond acceptors (Lipinski definition) is 4. The Labute approximate surface area is 112 Å². The molecule has 0 aromatic carbocycles. The van der Waals surface area contributed by atoms with Gasteiger partial charge >= 0.3 is 12.1 Å². The molecule has 0 aromatic rings. The average molecular weight is 272 g/mol. The normalized spacial score (nSPS) is 20.1. The van der Waals surface area contributed by atoms with Crippen LogP contribution in [0.25, 0.3) is 0 Å². The van der Waals surface area contributed by atoms with Gasteiger partial charge in [0.1, 0.15) is 11.6 Å². The summed E-state index contributed by atoms with van der Waals surface area (Å²) in [6, 6.07) is -1.06. The number of aliphatic carboxylic acids is 1. The van der Waals surface area contributed by atoms with Gasteiger partial charge in [0.05, 0.1) is 6.54 Å². The molecule has 1 fully saturated rings. The van der Waals surface area contributed by atoms with Crippen LogP contribution in [0.2, 0.25) is 0 Å². The van der Waals surface area contributed by atoms with Crippen molar-refractivity contribution in [3.05, 3.63) is 0 Å². The molecule has 0 unspecified atom stereocenters. The third-order valence-corrected chi connectivity index (χ3v) is 2.74. The monoisotopic (exact) mass is 272 g/mol. The number of rotatable bonds is 1. The van der Waals surface area contributed by atoms with Gasteiger partial charge in [0.25, 0.3) is 0 Å². The summed E-state index contributed by atoms with van der Waals surface area (Å²) >= 11 is 0. The van der Waals surface area contributed by atoms with Crippen LogP contribution in [0, 0.1) is 0 Å². The van der Waals surface area contributed by atoms with Gasteiger partial charge in [-0.1, -0.05) is 0 Å². The zero-order valence-corrected chi connectivity index (χ0v) is 11.7. The van der Waals surface area contributed by atoms with Crippen LogP contribution in [-0.2, 0) is 14.3 Å². The second-order valence-electron chi connectivity index (χ2n) is 5.49. The lowest BCUT2D eigenvalue weighted by molar-refractivity contribution is -0.147. The fourth-order valence-electron chi connectivity index (χ4n) is 1.82. The second-order valence-corrected chi connectivity index (χ2v) is 5.49. The van der Waals surface area contributed by atoms with Crippen molar-refractivity contribution in [2.45, 2.75) is 39.3 Å². The number of hydrogen-bond donors (Lipinski definition) is 1. The number of carboxylic acids is 1. The molecule has 1 heterocycles. The minimum absolute atomic E-state index is 0.0100. The van der Waals surface area contributed by atoms with Gasteiger partial charge in [0.2, 0.25) is 5.91 Å². The average Bonchev–Trinajstić information content (AvgIpc) is 2.25. The molecule has 1 aliphatic heterocycles. The molecule has 0 aliphatic carbocycles. The minimum Gasteiger partial charge on any atom is -0.480 e. The highest BCUT2D eigenvalue weighted by Gasteiger charge is 2.38. The van der Waals surface area contributed by atoms with E-state index in [1.165, 1.54) is 11.8 Å². The highest BCUT2D eigenvalue weighted by Crippen LogP contribution is 2.16. The number of nitrogens with zero attached hydrogens (tertiary/aromatic N) is 2. The first-order chi connectivity index (χ1) is 8.61. The summed E-state index contributed by atoms with van der Waals surface area (Å²) in [5.41, 5.74) is -0.683. The van der Waals surface area contributed by atoms with Crippen molar-refractivity contribution in [2.75, 3.05) is 19.6 Å². The summed E-state index contributed by atoms with van der Waals surface area (Å²) in [6.45, 7) is 6.99. The van der Waals surface area contributed by atoms with Gasteiger partial charge in [-0.05, 0) is 20.8 Å². The molecule has 0 spiro atoms. The molecular weight excluding hydrogens is 252 g/mol. The fourth-order valence-corrected chi connectivity index (χ4v) is 1.82. The standard InChI is InChI=1S/C12H20N2O5/c1-8(15)13-5-6-14(9(7-13)10(16)17)11(18)19-12(2,3)4/h9H,5-7H2,1-4H3,(H,16,17)/t9-/m0/s1. The molecule has 0 aromatic heterocycles. The Balaban J connectivity index is 2.80. The maximum atomic E-state index is 11.9. The van der Waals surface area contributed by atoms with Crippen LogP contribution in [0.3, 0.4) is 0 Å². The molecule has 0 bridgehead atoms. The Bertz CT molecular complexity index is 388. The van der Waals surface area contributed by atoms with E-state index >= 15 is 0 Å². The molecule has 2 amide bonds. The fraction of sp³-hybridized carbons (Fsp3) is 0.750. The van der Waals surface area contributed by atoms with Crippen molar-refractivity contribution >= 4 is 18.0 Å². The smallest absolute Gasteiger partial charge is 0.411 e. The summed E-state index contributed by atoms with van der Waals surface area (Å²) in [7, 11) is 0. The first kappa shape index (κ1) is 15.3. The van der Waals surface area contributed by atoms with E-state index in [0.717, 1.165) is 4.90 Å². The lowest BCUT2D eigenvalue weighted by Gasteiger charge is -2.39. The van der Waals surface area contributed by atoms with E-state index in [9.17, 15) is 14.4 Å². The van der Waals surface area contributed by atoms with Crippen molar-refractivity contribution in [1.29, 1.82) is 0 Å². The predicted molar refractivity (Wildman–Crippen MR) is 66.6 cm³/mol. The van der Waals surface area contributed by atoms with Gasteiger partial charge in [0, 0.05) is 20.0 Å². The van der Waals surface area contributed by atoms with E-state index in [2.05, 4.69) is 0 Å². The predicted octanol–water partition coefficient (Wildman–Crippen LogP) is 0.539. The molecule has 7 nitrogen and oxygen atoms in total. The maximum absolute atomic E-state index is 11.9. The molecule has 19 heavy (non-hydrogen) atoms. The van der Waals surface area contributed by atoms with Crippen molar-refractivity contribution in [3.63, 3.8) is 0 Å². The van der Waals surface area contributed by atoms with Gasteiger partial charge in [-0.2, -0.15) is 0 Å². The third-order valence-electron chi connectivity index (χ3n) is 2.74. The molecule has 1 atom stereocenters. The number of ether oxygens (including phenoxy) is 1. The lowest BCUT2D eigenvalue weighted by atomic mass is 10.1. The quantitative estimate of drug-likeness (QED) is 0.752. The van der Waals surface area contributed by atoms with E-state index in [1.807, 2.05) is 0 Å². The minimum atomic E-state index is -1.14. The summed E-state index contributed by atoms with van der Waals surface area (Å²) in [5, 5.41) is 9.17. The maximum Gasteiger partial charge on any atom is 0.411 e. The van der Waals surface area contributed by atoms with Crippen molar-refractivity contribution in [3.8, 4) is 0 Å². The van der Waals surface area contributed by atoms with Crippen LogP contribution in [-0.4, -0.2) is 64.2 Å². The number of carbonyl (C=O) groups is 3. The van der Waals surface area contributed by atoms with E-state index in [-0.39, 0.29) is 19.0 Å². The zero-order valence-electron chi connectivity index (χ0n) is 11.7. The first-order valence-corrected chi connectivity index (χ1v) is 6.10. The second kappa shape index (κ2) is 5.46. The van der Waals surface area contributed by atoms with Gasteiger partial charge in [0.15, 0.2) is 0 Å². The molecule has 1 aliphatic rings.